The van der Waals surface area contributed by atoms with E-state index < -0.39 is 12.7 Å². The van der Waals surface area contributed by atoms with Crippen molar-refractivity contribution >= 4 is 18.2 Å². The Morgan fingerprint density at radius 1 is 1.57 bits per heavy atom. The van der Waals surface area contributed by atoms with Gasteiger partial charge in [0.05, 0.1) is 11.8 Å². The van der Waals surface area contributed by atoms with E-state index in [9.17, 15) is 13.2 Å². The highest BCUT2D eigenvalue weighted by molar-refractivity contribution is 5.94. The van der Waals surface area contributed by atoms with Gasteiger partial charge in [0, 0.05) is 6.20 Å². The smallest absolute Gasteiger partial charge is 0.384 e. The third-order valence-electron chi connectivity index (χ3n) is 1.29. The molecule has 0 bridgehead atoms. The standard InChI is InChI=1S/C6H7F3N4.ClH/c7-6(8,9)3-13-2-4(1-12-13)5(10)11;/h1-2H,3H2,(H3,10,11);1H. The van der Waals surface area contributed by atoms with Crippen LogP contribution in [-0.4, -0.2) is 21.8 Å². The van der Waals surface area contributed by atoms with E-state index in [1.54, 1.807) is 0 Å². The number of nitrogens with two attached hydrogens (primary N) is 1. The molecule has 0 saturated heterocycles. The van der Waals surface area contributed by atoms with E-state index in [4.69, 9.17) is 11.1 Å². The Hall–Kier alpha value is -1.24. The van der Waals surface area contributed by atoms with Gasteiger partial charge in [0.15, 0.2) is 0 Å². The van der Waals surface area contributed by atoms with Crippen LogP contribution in [0.4, 0.5) is 13.2 Å². The second-order valence-corrected chi connectivity index (χ2v) is 2.46. The molecule has 0 atom stereocenters. The summed E-state index contributed by atoms with van der Waals surface area (Å²) < 4.78 is 36.1. The minimum atomic E-state index is -4.31. The highest BCUT2D eigenvalue weighted by Gasteiger charge is 2.28. The van der Waals surface area contributed by atoms with Gasteiger partial charge in [0.1, 0.15) is 12.4 Å². The van der Waals surface area contributed by atoms with Crippen LogP contribution < -0.4 is 5.73 Å². The fourth-order valence-corrected chi connectivity index (χ4v) is 0.773. The number of nitrogen functional groups attached to an aromatic ring is 1. The maximum Gasteiger partial charge on any atom is 0.408 e. The van der Waals surface area contributed by atoms with Crippen LogP contribution in [0.5, 0.6) is 0 Å². The minimum absolute atomic E-state index is 0. The highest BCUT2D eigenvalue weighted by atomic mass is 35.5. The van der Waals surface area contributed by atoms with Gasteiger partial charge in [-0.15, -0.1) is 12.4 Å². The molecule has 14 heavy (non-hydrogen) atoms. The fourth-order valence-electron chi connectivity index (χ4n) is 0.773. The molecule has 0 saturated carbocycles. The van der Waals surface area contributed by atoms with Gasteiger partial charge in [-0.1, -0.05) is 0 Å². The molecule has 3 N–H and O–H groups in total. The Balaban J connectivity index is 0.00000169. The van der Waals surface area contributed by atoms with Crippen LogP contribution in [0.15, 0.2) is 12.4 Å². The summed E-state index contributed by atoms with van der Waals surface area (Å²) in [4.78, 5) is 0. The monoisotopic (exact) mass is 228 g/mol. The lowest BCUT2D eigenvalue weighted by atomic mass is 10.3. The van der Waals surface area contributed by atoms with Crippen molar-refractivity contribution in [3.8, 4) is 0 Å². The summed E-state index contributed by atoms with van der Waals surface area (Å²) in [6, 6.07) is 0. The predicted octanol–water partition coefficient (Wildman–Crippen LogP) is 1.15. The summed E-state index contributed by atoms with van der Waals surface area (Å²) >= 11 is 0. The third kappa shape index (κ3) is 3.65. The molecule has 0 aromatic carbocycles. The van der Waals surface area contributed by atoms with Gasteiger partial charge in [-0.25, -0.2) is 0 Å². The Kier molecular flexibility index (Phi) is 3.93. The van der Waals surface area contributed by atoms with Gasteiger partial charge in [0.25, 0.3) is 0 Å². The second-order valence-electron chi connectivity index (χ2n) is 2.46. The molecular formula is C6H8ClF3N4. The molecule has 0 unspecified atom stereocenters. The number of hydrogen-bond acceptors (Lipinski definition) is 2. The van der Waals surface area contributed by atoms with Gasteiger partial charge in [-0.05, 0) is 0 Å². The summed E-state index contributed by atoms with van der Waals surface area (Å²) in [5.41, 5.74) is 5.22. The summed E-state index contributed by atoms with van der Waals surface area (Å²) in [5, 5.41) is 10.3. The molecule has 0 aliphatic heterocycles. The maximum atomic E-state index is 11.8. The number of halogens is 4. The van der Waals surface area contributed by atoms with Crippen molar-refractivity contribution in [3.63, 3.8) is 0 Å². The minimum Gasteiger partial charge on any atom is -0.384 e. The lowest BCUT2D eigenvalue weighted by Gasteiger charge is -2.04. The molecule has 0 aliphatic carbocycles. The Morgan fingerprint density at radius 3 is 2.50 bits per heavy atom. The third-order valence-corrected chi connectivity index (χ3v) is 1.29. The molecular weight excluding hydrogens is 221 g/mol. The van der Waals surface area contributed by atoms with Crippen molar-refractivity contribution in [3.05, 3.63) is 18.0 Å². The lowest BCUT2D eigenvalue weighted by molar-refractivity contribution is -0.142. The largest absolute Gasteiger partial charge is 0.408 e. The Labute approximate surface area is 83.8 Å². The van der Waals surface area contributed by atoms with Crippen LogP contribution >= 0.6 is 12.4 Å². The Morgan fingerprint density at radius 2 is 2.14 bits per heavy atom. The first-order chi connectivity index (χ1) is 5.88. The molecule has 0 spiro atoms. The number of aromatic nitrogens is 2. The zero-order chi connectivity index (χ0) is 10.1. The normalized spacial score (nSPS) is 10.8. The first-order valence-electron chi connectivity index (χ1n) is 3.32. The maximum absolute atomic E-state index is 11.8. The summed E-state index contributed by atoms with van der Waals surface area (Å²) in [6.45, 7) is -1.17. The van der Waals surface area contributed by atoms with Gasteiger partial charge < -0.3 is 5.73 Å². The number of rotatable bonds is 2. The van der Waals surface area contributed by atoms with Gasteiger partial charge >= 0.3 is 6.18 Å². The van der Waals surface area contributed by atoms with Crippen molar-refractivity contribution in [2.45, 2.75) is 12.7 Å². The van der Waals surface area contributed by atoms with Crippen LogP contribution in [0.1, 0.15) is 5.56 Å². The first kappa shape index (κ1) is 12.8. The van der Waals surface area contributed by atoms with Crippen molar-refractivity contribution < 1.29 is 13.2 Å². The van der Waals surface area contributed by atoms with Crippen molar-refractivity contribution in [1.29, 1.82) is 5.41 Å². The van der Waals surface area contributed by atoms with E-state index >= 15 is 0 Å². The topological polar surface area (TPSA) is 67.7 Å². The molecule has 4 nitrogen and oxygen atoms in total. The van der Waals surface area contributed by atoms with Gasteiger partial charge in [-0.3, -0.25) is 10.1 Å². The molecule has 1 rings (SSSR count). The van der Waals surface area contributed by atoms with Crippen LogP contribution in [0.2, 0.25) is 0 Å². The van der Waals surface area contributed by atoms with Crippen molar-refractivity contribution in [1.82, 2.24) is 9.78 Å². The molecule has 0 aliphatic rings. The summed E-state index contributed by atoms with van der Waals surface area (Å²) in [6.07, 6.45) is -2.11. The highest BCUT2D eigenvalue weighted by Crippen LogP contribution is 2.16. The average Bonchev–Trinajstić information content (AvgIpc) is 2.31. The first-order valence-corrected chi connectivity index (χ1v) is 3.32. The number of nitrogens with one attached hydrogen (secondary N) is 1. The van der Waals surface area contributed by atoms with Crippen molar-refractivity contribution in [2.75, 3.05) is 0 Å². The second kappa shape index (κ2) is 4.32. The zero-order valence-corrected chi connectivity index (χ0v) is 7.69. The Bertz CT molecular complexity index is 319. The van der Waals surface area contributed by atoms with Crippen LogP contribution in [0.3, 0.4) is 0 Å². The molecule has 0 amide bonds. The number of hydrogen-bond donors (Lipinski definition) is 2. The van der Waals surface area contributed by atoms with Crippen molar-refractivity contribution in [2.24, 2.45) is 5.73 Å². The van der Waals surface area contributed by atoms with Crippen LogP contribution in [-0.2, 0) is 6.54 Å². The molecule has 1 aromatic rings. The summed E-state index contributed by atoms with van der Waals surface area (Å²) in [5.74, 6) is -0.298. The van der Waals surface area contributed by atoms with Gasteiger partial charge in [0.2, 0.25) is 0 Å². The molecule has 1 aromatic heterocycles. The van der Waals surface area contributed by atoms with Gasteiger partial charge in [-0.2, -0.15) is 18.3 Å². The lowest BCUT2D eigenvalue weighted by Crippen LogP contribution is -2.18. The van der Waals surface area contributed by atoms with E-state index in [-0.39, 0.29) is 23.8 Å². The van der Waals surface area contributed by atoms with E-state index in [2.05, 4.69) is 5.10 Å². The average molecular weight is 229 g/mol. The van der Waals surface area contributed by atoms with Crippen LogP contribution in [0, 0.1) is 5.41 Å². The summed E-state index contributed by atoms with van der Waals surface area (Å²) in [7, 11) is 0. The molecule has 0 fully saturated rings. The molecule has 80 valence electrons. The number of nitrogens with zero attached hydrogens (tertiary/aromatic N) is 2. The zero-order valence-electron chi connectivity index (χ0n) is 6.88. The SMILES string of the molecule is Cl.N=C(N)c1cnn(CC(F)(F)F)c1. The molecule has 8 heteroatoms. The molecule has 1 heterocycles. The van der Waals surface area contributed by atoms with E-state index in [1.165, 1.54) is 0 Å². The van der Waals surface area contributed by atoms with Crippen LogP contribution in [0.25, 0.3) is 0 Å². The predicted molar refractivity (Wildman–Crippen MR) is 46.5 cm³/mol. The van der Waals surface area contributed by atoms with E-state index in [1.807, 2.05) is 0 Å². The number of amidine groups is 1. The van der Waals surface area contributed by atoms with E-state index in [0.29, 0.717) is 4.68 Å². The number of alkyl halides is 3. The fraction of sp³-hybridized carbons (Fsp3) is 0.333. The quantitative estimate of drug-likeness (QED) is 0.589. The van der Waals surface area contributed by atoms with E-state index in [0.717, 1.165) is 12.4 Å². The molecule has 0 radical (unpaired) electrons.